The molecule has 15 heavy (non-hydrogen) atoms. The van der Waals surface area contributed by atoms with Crippen molar-refractivity contribution in [3.63, 3.8) is 0 Å². The number of nitrogens with zero attached hydrogens (tertiary/aromatic N) is 2. The van der Waals surface area contributed by atoms with Crippen molar-refractivity contribution in [2.45, 2.75) is 12.8 Å². The first-order valence-electron chi connectivity index (χ1n) is 5.56. The summed E-state index contributed by atoms with van der Waals surface area (Å²) in [5.74, 6) is -0.493. The SMILES string of the molecule is CN(C)CC(C(=O)O)C1CCN(C)CC1. The van der Waals surface area contributed by atoms with Gasteiger partial charge in [-0.1, -0.05) is 0 Å². The van der Waals surface area contributed by atoms with Gasteiger partial charge in [0.15, 0.2) is 0 Å². The predicted molar refractivity (Wildman–Crippen MR) is 59.9 cm³/mol. The second-order valence-electron chi connectivity index (χ2n) is 4.85. The maximum absolute atomic E-state index is 11.2. The average molecular weight is 214 g/mol. The highest BCUT2D eigenvalue weighted by Gasteiger charge is 2.30. The van der Waals surface area contributed by atoms with Crippen LogP contribution in [0.5, 0.6) is 0 Å². The van der Waals surface area contributed by atoms with Crippen molar-refractivity contribution in [3.05, 3.63) is 0 Å². The van der Waals surface area contributed by atoms with Crippen LogP contribution in [0, 0.1) is 11.8 Å². The Bertz CT molecular complexity index is 211. The summed E-state index contributed by atoms with van der Waals surface area (Å²) in [4.78, 5) is 15.4. The van der Waals surface area contributed by atoms with Crippen LogP contribution in [-0.4, -0.2) is 61.7 Å². The van der Waals surface area contributed by atoms with Crippen LogP contribution < -0.4 is 0 Å². The molecule has 0 saturated carbocycles. The van der Waals surface area contributed by atoms with E-state index in [1.54, 1.807) is 0 Å². The Labute approximate surface area is 91.9 Å². The fourth-order valence-corrected chi connectivity index (χ4v) is 2.25. The van der Waals surface area contributed by atoms with Crippen molar-refractivity contribution in [3.8, 4) is 0 Å². The largest absolute Gasteiger partial charge is 0.481 e. The lowest BCUT2D eigenvalue weighted by Crippen LogP contribution is -2.39. The van der Waals surface area contributed by atoms with E-state index in [9.17, 15) is 9.90 Å². The Kier molecular flexibility index (Phi) is 4.54. The molecule has 0 radical (unpaired) electrons. The third kappa shape index (κ3) is 3.80. The Morgan fingerprint density at radius 2 is 2.00 bits per heavy atom. The van der Waals surface area contributed by atoms with E-state index in [2.05, 4.69) is 11.9 Å². The molecular formula is C11H22N2O2. The Hall–Kier alpha value is -0.610. The van der Waals surface area contributed by atoms with E-state index in [4.69, 9.17) is 0 Å². The first kappa shape index (κ1) is 12.5. The molecular weight excluding hydrogens is 192 g/mol. The van der Waals surface area contributed by atoms with Crippen LogP contribution in [0.4, 0.5) is 0 Å². The van der Waals surface area contributed by atoms with E-state index < -0.39 is 5.97 Å². The molecule has 1 N–H and O–H groups in total. The van der Waals surface area contributed by atoms with Crippen LogP contribution in [0.25, 0.3) is 0 Å². The zero-order valence-corrected chi connectivity index (χ0v) is 9.94. The van der Waals surface area contributed by atoms with Crippen LogP contribution >= 0.6 is 0 Å². The molecule has 1 atom stereocenters. The van der Waals surface area contributed by atoms with E-state index in [-0.39, 0.29) is 5.92 Å². The third-order valence-electron chi connectivity index (χ3n) is 3.21. The maximum atomic E-state index is 11.2. The van der Waals surface area contributed by atoms with Crippen molar-refractivity contribution >= 4 is 5.97 Å². The second kappa shape index (κ2) is 5.47. The normalized spacial score (nSPS) is 21.9. The number of carbonyl (C=O) groups is 1. The van der Waals surface area contributed by atoms with Crippen molar-refractivity contribution in [2.75, 3.05) is 40.8 Å². The van der Waals surface area contributed by atoms with Gasteiger partial charge < -0.3 is 14.9 Å². The summed E-state index contributed by atoms with van der Waals surface area (Å²) in [6, 6.07) is 0. The lowest BCUT2D eigenvalue weighted by molar-refractivity contribution is -0.145. The third-order valence-corrected chi connectivity index (χ3v) is 3.21. The van der Waals surface area contributed by atoms with Crippen molar-refractivity contribution in [1.82, 2.24) is 9.80 Å². The molecule has 88 valence electrons. The van der Waals surface area contributed by atoms with Gasteiger partial charge in [0.05, 0.1) is 5.92 Å². The van der Waals surface area contributed by atoms with E-state index in [0.29, 0.717) is 12.5 Å². The van der Waals surface area contributed by atoms with Gasteiger partial charge in [-0.2, -0.15) is 0 Å². The summed E-state index contributed by atoms with van der Waals surface area (Å²) in [7, 11) is 5.97. The minimum Gasteiger partial charge on any atom is -0.481 e. The molecule has 1 unspecified atom stereocenters. The quantitative estimate of drug-likeness (QED) is 0.744. The van der Waals surface area contributed by atoms with Crippen LogP contribution in [0.15, 0.2) is 0 Å². The fraction of sp³-hybridized carbons (Fsp3) is 0.909. The molecule has 1 aliphatic heterocycles. The highest BCUT2D eigenvalue weighted by molar-refractivity contribution is 5.70. The number of piperidine rings is 1. The molecule has 0 aliphatic carbocycles. The highest BCUT2D eigenvalue weighted by Crippen LogP contribution is 2.25. The molecule has 0 aromatic rings. The van der Waals surface area contributed by atoms with Crippen LogP contribution in [-0.2, 0) is 4.79 Å². The minimum absolute atomic E-state index is 0.200. The van der Waals surface area contributed by atoms with Gasteiger partial charge in [-0.25, -0.2) is 0 Å². The molecule has 1 saturated heterocycles. The molecule has 0 aromatic carbocycles. The topological polar surface area (TPSA) is 43.8 Å². The molecule has 0 amide bonds. The molecule has 1 aliphatic rings. The number of carboxylic acid groups (broad SMARTS) is 1. The summed E-state index contributed by atoms with van der Waals surface area (Å²) in [5.41, 5.74) is 0. The Morgan fingerprint density at radius 1 is 1.47 bits per heavy atom. The molecule has 4 heteroatoms. The van der Waals surface area contributed by atoms with Crippen LogP contribution in [0.2, 0.25) is 0 Å². The summed E-state index contributed by atoms with van der Waals surface area (Å²) < 4.78 is 0. The van der Waals surface area contributed by atoms with Gasteiger partial charge in [0.1, 0.15) is 0 Å². The zero-order chi connectivity index (χ0) is 11.4. The van der Waals surface area contributed by atoms with Gasteiger partial charge in [-0.15, -0.1) is 0 Å². The maximum Gasteiger partial charge on any atom is 0.308 e. The van der Waals surface area contributed by atoms with Crippen molar-refractivity contribution in [1.29, 1.82) is 0 Å². The summed E-state index contributed by atoms with van der Waals surface area (Å²) in [6.45, 7) is 2.72. The van der Waals surface area contributed by atoms with E-state index >= 15 is 0 Å². The smallest absolute Gasteiger partial charge is 0.308 e. The highest BCUT2D eigenvalue weighted by atomic mass is 16.4. The van der Waals surface area contributed by atoms with Gasteiger partial charge in [0.2, 0.25) is 0 Å². The van der Waals surface area contributed by atoms with Gasteiger partial charge in [0.25, 0.3) is 0 Å². The second-order valence-corrected chi connectivity index (χ2v) is 4.85. The first-order valence-corrected chi connectivity index (χ1v) is 5.56. The molecule has 1 heterocycles. The zero-order valence-electron chi connectivity index (χ0n) is 9.94. The number of hydrogen-bond donors (Lipinski definition) is 1. The molecule has 0 spiro atoms. The fourth-order valence-electron chi connectivity index (χ4n) is 2.25. The van der Waals surface area contributed by atoms with Gasteiger partial charge >= 0.3 is 5.97 Å². The molecule has 0 bridgehead atoms. The monoisotopic (exact) mass is 214 g/mol. The van der Waals surface area contributed by atoms with E-state index in [1.165, 1.54) is 0 Å². The summed E-state index contributed by atoms with van der Waals surface area (Å²) in [5, 5.41) is 9.20. The summed E-state index contributed by atoms with van der Waals surface area (Å²) in [6.07, 6.45) is 2.03. The van der Waals surface area contributed by atoms with Crippen molar-refractivity contribution in [2.24, 2.45) is 11.8 Å². The number of hydrogen-bond acceptors (Lipinski definition) is 3. The van der Waals surface area contributed by atoms with Gasteiger partial charge in [-0.05, 0) is 53.0 Å². The van der Waals surface area contributed by atoms with Gasteiger partial charge in [-0.3, -0.25) is 4.79 Å². The average Bonchev–Trinajstić information content (AvgIpc) is 2.15. The van der Waals surface area contributed by atoms with Gasteiger partial charge in [0, 0.05) is 6.54 Å². The minimum atomic E-state index is -0.641. The lowest BCUT2D eigenvalue weighted by atomic mass is 9.84. The molecule has 1 rings (SSSR count). The number of rotatable bonds is 4. The van der Waals surface area contributed by atoms with E-state index in [1.807, 2.05) is 19.0 Å². The summed E-state index contributed by atoms with van der Waals surface area (Å²) >= 11 is 0. The van der Waals surface area contributed by atoms with Crippen molar-refractivity contribution < 1.29 is 9.90 Å². The molecule has 0 aromatic heterocycles. The lowest BCUT2D eigenvalue weighted by Gasteiger charge is -2.33. The number of likely N-dealkylation sites (tertiary alicyclic amines) is 1. The first-order chi connectivity index (χ1) is 7.00. The van der Waals surface area contributed by atoms with Crippen LogP contribution in [0.1, 0.15) is 12.8 Å². The van der Waals surface area contributed by atoms with E-state index in [0.717, 1.165) is 25.9 Å². The Morgan fingerprint density at radius 3 is 2.40 bits per heavy atom. The number of carboxylic acids is 1. The Balaban J connectivity index is 2.52. The number of aliphatic carboxylic acids is 1. The van der Waals surface area contributed by atoms with Crippen LogP contribution in [0.3, 0.4) is 0 Å². The standard InChI is InChI=1S/C11H22N2O2/c1-12(2)8-10(11(14)15)9-4-6-13(3)7-5-9/h9-10H,4-8H2,1-3H3,(H,14,15). The molecule has 1 fully saturated rings. The predicted octanol–water partition coefficient (Wildman–Crippen LogP) is 0.591. The molecule has 4 nitrogen and oxygen atoms in total.